The molecule has 4 unspecified atom stereocenters. The molecule has 4 atom stereocenters. The zero-order chi connectivity index (χ0) is 19.8. The molecule has 0 radical (unpaired) electrons. The minimum absolute atomic E-state index is 0.214. The van der Waals surface area contributed by atoms with Crippen LogP contribution in [0.2, 0.25) is 0 Å². The molecular weight excluding hydrogens is 364 g/mol. The first-order valence-corrected chi connectivity index (χ1v) is 8.91. The van der Waals surface area contributed by atoms with Crippen LogP contribution in [0.25, 0.3) is 0 Å². The Morgan fingerprint density at radius 2 is 1.32 bits per heavy atom. The summed E-state index contributed by atoms with van der Waals surface area (Å²) in [5.74, 6) is 0.601. The van der Waals surface area contributed by atoms with Crippen LogP contribution < -0.4 is 9.80 Å². The second-order valence-corrected chi connectivity index (χ2v) is 6.97. The van der Waals surface area contributed by atoms with Gasteiger partial charge in [-0.3, -0.25) is 14.6 Å². The van der Waals surface area contributed by atoms with Gasteiger partial charge in [-0.2, -0.15) is 10.2 Å². The molecule has 0 spiro atoms. The summed E-state index contributed by atoms with van der Waals surface area (Å²) in [6.45, 7) is 0.550. The normalized spacial score (nSPS) is 28.9. The van der Waals surface area contributed by atoms with Gasteiger partial charge in [-0.25, -0.2) is 0 Å². The molecule has 4 heterocycles. The number of rotatable bonds is 4. The number of likely N-dealkylation sites (N-methyl/N-ethyl adjacent to an activating group) is 2. The van der Waals surface area contributed by atoms with Crippen LogP contribution in [0.3, 0.4) is 0 Å². The van der Waals surface area contributed by atoms with Crippen LogP contribution in [0, 0.1) is 0 Å². The summed E-state index contributed by atoms with van der Waals surface area (Å²) in [6.07, 6.45) is -0.297. The lowest BCUT2D eigenvalue weighted by molar-refractivity contribution is -0.126. The van der Waals surface area contributed by atoms with E-state index in [-0.39, 0.29) is 18.9 Å². The Morgan fingerprint density at radius 3 is 1.68 bits per heavy atom. The number of hydrogen-bond acceptors (Lipinski definition) is 11. The molecule has 2 fully saturated rings. The van der Waals surface area contributed by atoms with Crippen molar-refractivity contribution in [3.63, 3.8) is 0 Å². The summed E-state index contributed by atoms with van der Waals surface area (Å²) < 4.78 is 0. The lowest BCUT2D eigenvalue weighted by Crippen LogP contribution is -2.57. The van der Waals surface area contributed by atoms with Crippen molar-refractivity contribution in [1.29, 1.82) is 0 Å². The maximum Gasteiger partial charge on any atom is 0.207 e. The first-order chi connectivity index (χ1) is 13.5. The van der Waals surface area contributed by atoms with E-state index in [1.165, 1.54) is 12.4 Å². The Balaban J connectivity index is 1.69. The van der Waals surface area contributed by atoms with Crippen molar-refractivity contribution in [3.05, 3.63) is 36.7 Å². The van der Waals surface area contributed by atoms with E-state index in [2.05, 4.69) is 20.4 Å². The van der Waals surface area contributed by atoms with Gasteiger partial charge in [-0.15, -0.1) is 10.2 Å². The summed E-state index contributed by atoms with van der Waals surface area (Å²) >= 11 is 0. The van der Waals surface area contributed by atoms with E-state index in [9.17, 15) is 15.0 Å². The van der Waals surface area contributed by atoms with Gasteiger partial charge in [0.2, 0.25) is 5.78 Å². The molecule has 2 aliphatic rings. The third-order valence-corrected chi connectivity index (χ3v) is 5.06. The van der Waals surface area contributed by atoms with E-state index < -0.39 is 24.8 Å². The van der Waals surface area contributed by atoms with Crippen molar-refractivity contribution in [2.45, 2.75) is 24.8 Å². The monoisotopic (exact) mass is 386 g/mol. The fourth-order valence-corrected chi connectivity index (χ4v) is 3.90. The molecule has 0 amide bonds. The lowest BCUT2D eigenvalue weighted by atomic mass is 10.2. The van der Waals surface area contributed by atoms with E-state index in [1.54, 1.807) is 58.0 Å². The number of nitrogens with zero attached hydrogens (tertiary/aromatic N) is 8. The summed E-state index contributed by atoms with van der Waals surface area (Å²) in [4.78, 5) is 20.2. The summed E-state index contributed by atoms with van der Waals surface area (Å²) in [5.41, 5.74) is 0. The van der Waals surface area contributed by atoms with E-state index in [0.29, 0.717) is 11.6 Å². The number of aliphatic hydroxyl groups is 2. The van der Waals surface area contributed by atoms with Gasteiger partial charge < -0.3 is 20.0 Å². The van der Waals surface area contributed by atoms with Crippen molar-refractivity contribution in [2.24, 2.45) is 0 Å². The number of β-amino-alcohol motifs (C(OH)–C–C–N with tert-alkyl or cyclic N) is 2. The van der Waals surface area contributed by atoms with Gasteiger partial charge in [0.25, 0.3) is 0 Å². The highest BCUT2D eigenvalue weighted by Crippen LogP contribution is 2.30. The molecular formula is C17H22N8O3. The molecule has 0 aromatic carbocycles. The van der Waals surface area contributed by atoms with Crippen molar-refractivity contribution in [3.8, 4) is 0 Å². The average Bonchev–Trinajstić information content (AvgIpc) is 3.16. The summed E-state index contributed by atoms with van der Waals surface area (Å²) in [6, 6.07) is 6.80. The van der Waals surface area contributed by atoms with Crippen molar-refractivity contribution in [2.75, 3.05) is 37.0 Å². The number of hydrogen-bond donors (Lipinski definition) is 2. The number of aliphatic hydroxyl groups excluding tert-OH is 2. The molecule has 2 N–H and O–H groups in total. The lowest BCUT2D eigenvalue weighted by Gasteiger charge is -2.35. The van der Waals surface area contributed by atoms with Gasteiger partial charge in [-0.05, 0) is 38.4 Å². The number of carbonyl (C=O) groups is 1. The first kappa shape index (κ1) is 18.6. The Labute approximate surface area is 161 Å². The van der Waals surface area contributed by atoms with Gasteiger partial charge >= 0.3 is 0 Å². The maximum absolute atomic E-state index is 13.6. The van der Waals surface area contributed by atoms with E-state index in [0.717, 1.165) is 0 Å². The number of ketones is 1. The third-order valence-electron chi connectivity index (χ3n) is 5.06. The molecule has 4 rings (SSSR count). The van der Waals surface area contributed by atoms with Crippen LogP contribution in [0.5, 0.6) is 0 Å². The van der Waals surface area contributed by atoms with Gasteiger partial charge in [0.1, 0.15) is 24.8 Å². The Morgan fingerprint density at radius 1 is 0.893 bits per heavy atom. The van der Waals surface area contributed by atoms with Crippen LogP contribution in [-0.2, 0) is 4.79 Å². The van der Waals surface area contributed by atoms with Gasteiger partial charge in [0.05, 0.1) is 0 Å². The zero-order valence-electron chi connectivity index (χ0n) is 15.6. The van der Waals surface area contributed by atoms with Crippen LogP contribution in [0.4, 0.5) is 11.6 Å². The molecule has 0 aliphatic carbocycles. The molecule has 11 heteroatoms. The van der Waals surface area contributed by atoms with Crippen LogP contribution in [-0.4, -0.2) is 98.2 Å². The molecule has 2 aliphatic heterocycles. The third kappa shape index (κ3) is 3.07. The molecule has 11 nitrogen and oxygen atoms in total. The Hall–Kier alpha value is -2.73. The van der Waals surface area contributed by atoms with Crippen LogP contribution >= 0.6 is 0 Å². The number of anilines is 2. The molecule has 148 valence electrons. The minimum Gasteiger partial charge on any atom is -0.372 e. The number of carbonyl (C=O) groups excluding carboxylic acids is 1. The highest BCUT2D eigenvalue weighted by Gasteiger charge is 2.50. The predicted octanol–water partition coefficient (Wildman–Crippen LogP) is -1.67. The smallest absolute Gasteiger partial charge is 0.207 e. The predicted molar refractivity (Wildman–Crippen MR) is 98.9 cm³/mol. The van der Waals surface area contributed by atoms with Crippen molar-refractivity contribution < 1.29 is 15.0 Å². The van der Waals surface area contributed by atoms with E-state index in [1.807, 2.05) is 0 Å². The topological polar surface area (TPSA) is 122 Å². The first-order valence-electron chi connectivity index (χ1n) is 8.91. The second-order valence-electron chi connectivity index (χ2n) is 6.97. The van der Waals surface area contributed by atoms with Crippen molar-refractivity contribution in [1.82, 2.24) is 30.2 Å². The quantitative estimate of drug-likeness (QED) is 0.627. The fourth-order valence-electron chi connectivity index (χ4n) is 3.90. The van der Waals surface area contributed by atoms with Crippen LogP contribution in [0.1, 0.15) is 0 Å². The van der Waals surface area contributed by atoms with Crippen LogP contribution in [0.15, 0.2) is 36.7 Å². The molecule has 2 aromatic rings. The van der Waals surface area contributed by atoms with Gasteiger partial charge in [0.15, 0.2) is 11.6 Å². The Bertz CT molecular complexity index is 758. The standard InChI is InChI=1S/C17H22N8O3/c1-22-9-13(26)24(11-5-3-7-18-20-11)16(22)15(28)17-23(2)10-14(27)25(17)12-6-4-8-19-21-12/h3-8,13-14,16-17,26-27H,9-10H2,1-2H3. The largest absolute Gasteiger partial charge is 0.372 e. The molecule has 0 saturated carbocycles. The highest BCUT2D eigenvalue weighted by atomic mass is 16.3. The van der Waals surface area contributed by atoms with Gasteiger partial charge in [0, 0.05) is 25.5 Å². The number of Topliss-reactive ketones (excluding diaryl/α,β-unsaturated/α-hetero) is 1. The zero-order valence-corrected chi connectivity index (χ0v) is 15.6. The minimum atomic E-state index is -0.905. The SMILES string of the molecule is CN1CC(O)N(c2cccnn2)C1C(=O)C1N(C)CC(O)N1c1cccnn1. The summed E-state index contributed by atoms with van der Waals surface area (Å²) in [7, 11) is 3.53. The molecule has 28 heavy (non-hydrogen) atoms. The maximum atomic E-state index is 13.6. The number of aromatic nitrogens is 4. The Kier molecular flexibility index (Phi) is 4.89. The fraction of sp³-hybridized carbons (Fsp3) is 0.471. The summed E-state index contributed by atoms with van der Waals surface area (Å²) in [5, 5.41) is 36.9. The van der Waals surface area contributed by atoms with E-state index in [4.69, 9.17) is 0 Å². The van der Waals surface area contributed by atoms with Gasteiger partial charge in [-0.1, -0.05) is 0 Å². The second kappa shape index (κ2) is 7.36. The molecule has 2 saturated heterocycles. The highest BCUT2D eigenvalue weighted by molar-refractivity contribution is 5.94. The molecule has 2 aromatic heterocycles. The van der Waals surface area contributed by atoms with Crippen molar-refractivity contribution >= 4 is 17.4 Å². The average molecular weight is 386 g/mol. The molecule has 0 bridgehead atoms. The van der Waals surface area contributed by atoms with E-state index >= 15 is 0 Å².